The van der Waals surface area contributed by atoms with Gasteiger partial charge in [-0.15, -0.1) is 0 Å². The maximum absolute atomic E-state index is 12.9. The van der Waals surface area contributed by atoms with Crippen LogP contribution in [0.25, 0.3) is 0 Å². The van der Waals surface area contributed by atoms with Crippen molar-refractivity contribution in [3.8, 4) is 0 Å². The molecule has 0 heterocycles. The molecular weight excluding hydrogens is 966 g/mol. The maximum Gasteiger partial charge on any atom is 0.472 e. The van der Waals surface area contributed by atoms with Crippen LogP contribution in [0.15, 0.2) is 0 Å². The normalized spacial score (nSPS) is 13.1. The maximum atomic E-state index is 12.9. The highest BCUT2D eigenvalue weighted by atomic mass is 31.2. The van der Waals surface area contributed by atoms with Crippen molar-refractivity contribution in [3.05, 3.63) is 0 Å². The van der Waals surface area contributed by atoms with E-state index < -0.39 is 26.5 Å². The number of likely N-dealkylation sites (N-methyl/N-ethyl adjacent to an activating group) is 1. The standard InChI is InChI=1S/C66H132NO8P/c1-6-8-10-12-14-16-18-20-22-24-26-28-29-30-31-32-33-34-35-36-37-39-41-43-45-47-49-51-53-55-57-59-66(69)75-64(63-74-76(70,71)73-61-60-67(3,4)5)62-72-65(68)58-56-54-52-50-48-46-44-42-40-38-27-25-23-21-19-17-15-13-11-9-7-2/h64H,6-63H2,1-5H3/p+1. The lowest BCUT2D eigenvalue weighted by Gasteiger charge is -2.24. The van der Waals surface area contributed by atoms with E-state index in [2.05, 4.69) is 13.8 Å². The molecule has 0 bridgehead atoms. The van der Waals surface area contributed by atoms with Crippen LogP contribution in [-0.2, 0) is 32.7 Å². The topological polar surface area (TPSA) is 108 Å². The van der Waals surface area contributed by atoms with Gasteiger partial charge in [0.15, 0.2) is 6.10 Å². The Bertz CT molecular complexity index is 1240. The predicted octanol–water partition coefficient (Wildman–Crippen LogP) is 21.4. The molecular formula is C66H133NO8P+. The fourth-order valence-corrected chi connectivity index (χ4v) is 11.2. The molecule has 0 saturated carbocycles. The first-order valence-corrected chi connectivity index (χ1v) is 35.3. The van der Waals surface area contributed by atoms with E-state index in [9.17, 15) is 19.0 Å². The number of nitrogens with zero attached hydrogens (tertiary/aromatic N) is 1. The Labute approximate surface area is 474 Å². The highest BCUT2D eigenvalue weighted by Gasteiger charge is 2.27. The van der Waals surface area contributed by atoms with Gasteiger partial charge in [-0.05, 0) is 12.8 Å². The van der Waals surface area contributed by atoms with Crippen LogP contribution in [0.1, 0.15) is 361 Å². The van der Waals surface area contributed by atoms with Crippen LogP contribution in [0.3, 0.4) is 0 Å². The van der Waals surface area contributed by atoms with Crippen LogP contribution < -0.4 is 0 Å². The second kappa shape index (κ2) is 58.7. The van der Waals surface area contributed by atoms with Gasteiger partial charge < -0.3 is 18.9 Å². The van der Waals surface area contributed by atoms with E-state index in [-0.39, 0.29) is 25.6 Å². The second-order valence-electron chi connectivity index (χ2n) is 24.6. The van der Waals surface area contributed by atoms with Gasteiger partial charge in [-0.1, -0.05) is 335 Å². The molecule has 0 saturated heterocycles. The number of phosphoric ester groups is 1. The number of rotatable bonds is 64. The van der Waals surface area contributed by atoms with Gasteiger partial charge in [0.25, 0.3) is 0 Å². The van der Waals surface area contributed by atoms with Crippen molar-refractivity contribution >= 4 is 19.8 Å². The third-order valence-electron chi connectivity index (χ3n) is 15.6. The predicted molar refractivity (Wildman–Crippen MR) is 326 cm³/mol. The SMILES string of the molecule is CCCCCCCCCCCCCCCCCCCCCCCCCCCCCCCCCC(=O)OC(COC(=O)CCCCCCCCCCCCCCCCCCCCCCC)COP(=O)(O)OCC[N+](C)(C)C. The highest BCUT2D eigenvalue weighted by Crippen LogP contribution is 2.43. The van der Waals surface area contributed by atoms with Crippen molar-refractivity contribution in [1.82, 2.24) is 0 Å². The summed E-state index contributed by atoms with van der Waals surface area (Å²) >= 11 is 0. The first-order chi connectivity index (χ1) is 37.0. The number of ether oxygens (including phenoxy) is 2. The van der Waals surface area contributed by atoms with Gasteiger partial charge >= 0.3 is 19.8 Å². The van der Waals surface area contributed by atoms with Gasteiger partial charge in [0, 0.05) is 12.8 Å². The summed E-state index contributed by atoms with van der Waals surface area (Å²) in [6, 6.07) is 0. The summed E-state index contributed by atoms with van der Waals surface area (Å²) < 4.78 is 34.7. The van der Waals surface area contributed by atoms with Crippen LogP contribution in [0.2, 0.25) is 0 Å². The van der Waals surface area contributed by atoms with Crippen molar-refractivity contribution in [2.45, 2.75) is 367 Å². The zero-order chi connectivity index (χ0) is 55.6. The Morgan fingerprint density at radius 3 is 0.842 bits per heavy atom. The molecule has 10 heteroatoms. The Balaban J connectivity index is 3.97. The number of carbonyl (C=O) groups excluding carboxylic acids is 2. The first-order valence-electron chi connectivity index (χ1n) is 33.8. The van der Waals surface area contributed by atoms with Crippen LogP contribution in [0.5, 0.6) is 0 Å². The molecule has 0 radical (unpaired) electrons. The molecule has 0 aromatic carbocycles. The number of quaternary nitrogens is 1. The summed E-state index contributed by atoms with van der Waals surface area (Å²) in [5.74, 6) is -0.769. The van der Waals surface area contributed by atoms with Crippen molar-refractivity contribution in [3.63, 3.8) is 0 Å². The molecule has 0 rings (SSSR count). The molecule has 0 aliphatic heterocycles. The average molecular weight is 1100 g/mol. The zero-order valence-corrected chi connectivity index (χ0v) is 52.7. The largest absolute Gasteiger partial charge is 0.472 e. The lowest BCUT2D eigenvalue weighted by atomic mass is 10.0. The van der Waals surface area contributed by atoms with Crippen molar-refractivity contribution in [2.75, 3.05) is 47.5 Å². The zero-order valence-electron chi connectivity index (χ0n) is 51.8. The summed E-state index contributed by atoms with van der Waals surface area (Å²) in [7, 11) is 1.51. The molecule has 0 amide bonds. The third-order valence-corrected chi connectivity index (χ3v) is 16.6. The molecule has 0 aromatic heterocycles. The highest BCUT2D eigenvalue weighted by molar-refractivity contribution is 7.47. The lowest BCUT2D eigenvalue weighted by Crippen LogP contribution is -2.37. The molecule has 0 aliphatic carbocycles. The van der Waals surface area contributed by atoms with Gasteiger partial charge in [0.2, 0.25) is 0 Å². The number of hydrogen-bond acceptors (Lipinski definition) is 7. The van der Waals surface area contributed by atoms with Crippen LogP contribution >= 0.6 is 7.82 Å². The minimum atomic E-state index is -4.38. The van der Waals surface area contributed by atoms with Gasteiger partial charge in [-0.25, -0.2) is 4.57 Å². The van der Waals surface area contributed by atoms with Crippen molar-refractivity contribution in [2.24, 2.45) is 0 Å². The van der Waals surface area contributed by atoms with E-state index in [1.807, 2.05) is 21.1 Å². The number of esters is 2. The van der Waals surface area contributed by atoms with E-state index in [1.165, 1.54) is 295 Å². The minimum Gasteiger partial charge on any atom is -0.462 e. The molecule has 454 valence electrons. The summed E-state index contributed by atoms with van der Waals surface area (Å²) in [5.41, 5.74) is 0. The third kappa shape index (κ3) is 62.2. The van der Waals surface area contributed by atoms with E-state index in [0.717, 1.165) is 38.5 Å². The molecule has 2 atom stereocenters. The lowest BCUT2D eigenvalue weighted by molar-refractivity contribution is -0.870. The summed E-state index contributed by atoms with van der Waals surface area (Å²) in [6.45, 7) is 4.53. The Morgan fingerprint density at radius 2 is 0.592 bits per heavy atom. The van der Waals surface area contributed by atoms with E-state index in [1.54, 1.807) is 0 Å². The fraction of sp³-hybridized carbons (Fsp3) is 0.970. The second-order valence-corrected chi connectivity index (χ2v) is 26.0. The van der Waals surface area contributed by atoms with E-state index in [0.29, 0.717) is 17.4 Å². The van der Waals surface area contributed by atoms with Crippen LogP contribution in [0.4, 0.5) is 0 Å². The van der Waals surface area contributed by atoms with Crippen LogP contribution in [0, 0.1) is 0 Å². The molecule has 1 N–H and O–H groups in total. The monoisotopic (exact) mass is 1100 g/mol. The first kappa shape index (κ1) is 75.0. The number of hydrogen-bond donors (Lipinski definition) is 1. The van der Waals surface area contributed by atoms with E-state index >= 15 is 0 Å². The molecule has 0 spiro atoms. The molecule has 2 unspecified atom stereocenters. The molecule has 0 aromatic rings. The Hall–Kier alpha value is -0.990. The summed E-state index contributed by atoms with van der Waals surface area (Å²) in [5, 5.41) is 0. The number of carbonyl (C=O) groups is 2. The van der Waals surface area contributed by atoms with Gasteiger partial charge in [-0.2, -0.15) is 0 Å². The Morgan fingerprint density at radius 1 is 0.355 bits per heavy atom. The summed E-state index contributed by atoms with van der Waals surface area (Å²) in [6.07, 6.45) is 69.2. The van der Waals surface area contributed by atoms with Crippen molar-refractivity contribution in [1.29, 1.82) is 0 Å². The number of unbranched alkanes of at least 4 members (excludes halogenated alkanes) is 50. The minimum absolute atomic E-state index is 0.0376. The van der Waals surface area contributed by atoms with Crippen LogP contribution in [-0.4, -0.2) is 74.9 Å². The van der Waals surface area contributed by atoms with Gasteiger partial charge in [0.1, 0.15) is 19.8 Å². The molecule has 0 aliphatic rings. The Kier molecular flexibility index (Phi) is 57.9. The van der Waals surface area contributed by atoms with Crippen molar-refractivity contribution < 1.29 is 42.1 Å². The molecule has 76 heavy (non-hydrogen) atoms. The smallest absolute Gasteiger partial charge is 0.462 e. The van der Waals surface area contributed by atoms with E-state index in [4.69, 9.17) is 18.5 Å². The van der Waals surface area contributed by atoms with Gasteiger partial charge in [-0.3, -0.25) is 18.6 Å². The molecule has 0 fully saturated rings. The fourth-order valence-electron chi connectivity index (χ4n) is 10.4. The quantitative estimate of drug-likeness (QED) is 0.0278. The molecule has 9 nitrogen and oxygen atoms in total. The number of phosphoric acid groups is 1. The average Bonchev–Trinajstić information content (AvgIpc) is 3.38. The van der Waals surface area contributed by atoms with Gasteiger partial charge in [0.05, 0.1) is 27.7 Å². The summed E-state index contributed by atoms with van der Waals surface area (Å²) in [4.78, 5) is 35.8.